The molecule has 4 aromatic rings. The number of anilines is 2. The van der Waals surface area contributed by atoms with Crippen LogP contribution in [0.1, 0.15) is 25.8 Å². The lowest BCUT2D eigenvalue weighted by Crippen LogP contribution is -2.11. The summed E-state index contributed by atoms with van der Waals surface area (Å²) in [6.45, 7) is -1.21. The van der Waals surface area contributed by atoms with E-state index >= 15 is 0 Å². The maximum atomic E-state index is 12.7. The van der Waals surface area contributed by atoms with E-state index in [0.717, 1.165) is 22.7 Å². The first kappa shape index (κ1) is 21.7. The molecular formula is C21H15F2N3O4S2. The van der Waals surface area contributed by atoms with Crippen LogP contribution in [-0.2, 0) is 0 Å². The van der Waals surface area contributed by atoms with Crippen LogP contribution in [0.5, 0.6) is 5.75 Å². The monoisotopic (exact) mass is 475 g/mol. The summed E-state index contributed by atoms with van der Waals surface area (Å²) in [5.74, 6) is -0.661. The van der Waals surface area contributed by atoms with Crippen molar-refractivity contribution >= 4 is 44.6 Å². The molecule has 164 valence electrons. The van der Waals surface area contributed by atoms with E-state index in [-0.39, 0.29) is 11.5 Å². The van der Waals surface area contributed by atoms with Crippen LogP contribution in [0, 0.1) is 6.92 Å². The number of rotatable bonds is 7. The number of hydrogen-bond acceptors (Lipinski definition) is 7. The fraction of sp³-hybridized carbons (Fsp3) is 0.0952. The molecule has 4 rings (SSSR count). The second-order valence-electron chi connectivity index (χ2n) is 6.42. The molecule has 0 atom stereocenters. The minimum Gasteiger partial charge on any atom is -0.459 e. The van der Waals surface area contributed by atoms with Crippen molar-refractivity contribution in [2.75, 3.05) is 10.6 Å². The Balaban J connectivity index is 1.47. The molecule has 0 saturated heterocycles. The summed E-state index contributed by atoms with van der Waals surface area (Å²) in [5, 5.41) is 7.82. The van der Waals surface area contributed by atoms with E-state index in [9.17, 15) is 18.4 Å². The van der Waals surface area contributed by atoms with E-state index < -0.39 is 18.4 Å². The van der Waals surface area contributed by atoms with E-state index in [1.54, 1.807) is 42.6 Å². The second kappa shape index (κ2) is 9.28. The molecule has 32 heavy (non-hydrogen) atoms. The van der Waals surface area contributed by atoms with E-state index in [1.165, 1.54) is 18.4 Å². The molecule has 3 aromatic heterocycles. The molecule has 2 amide bonds. The van der Waals surface area contributed by atoms with Crippen LogP contribution in [0.15, 0.2) is 58.5 Å². The van der Waals surface area contributed by atoms with Crippen molar-refractivity contribution in [2.24, 2.45) is 0 Å². The van der Waals surface area contributed by atoms with E-state index in [0.29, 0.717) is 31.8 Å². The Labute approximate surface area is 188 Å². The Bertz CT molecular complexity index is 1250. The first-order chi connectivity index (χ1) is 15.4. The van der Waals surface area contributed by atoms with Crippen LogP contribution in [0.3, 0.4) is 0 Å². The minimum atomic E-state index is -2.96. The number of alkyl halides is 2. The first-order valence-electron chi connectivity index (χ1n) is 9.17. The molecule has 0 aliphatic rings. The highest BCUT2D eigenvalue weighted by Crippen LogP contribution is 2.34. The van der Waals surface area contributed by atoms with Gasteiger partial charge in [-0.25, -0.2) is 4.98 Å². The molecule has 0 radical (unpaired) electrons. The number of aromatic nitrogens is 1. The number of thiophene rings is 1. The Morgan fingerprint density at radius 1 is 1.12 bits per heavy atom. The standard InChI is InChI=1S/C21H15F2N3O4S2/c1-11-9-16(25-18(27)15-7-4-8-29-15)32-17(11)19(28)26-21-24-13(10-31-21)12-5-2-3-6-14(12)30-20(22)23/h2-10,20H,1H3,(H,25,27)(H,24,26,28). The van der Waals surface area contributed by atoms with Crippen LogP contribution in [0.25, 0.3) is 11.3 Å². The summed E-state index contributed by atoms with van der Waals surface area (Å²) < 4.78 is 34.9. The molecule has 0 aliphatic heterocycles. The molecule has 1 aromatic carbocycles. The van der Waals surface area contributed by atoms with Crippen molar-refractivity contribution in [2.45, 2.75) is 13.5 Å². The average molecular weight is 475 g/mol. The predicted octanol–water partition coefficient (Wildman–Crippen LogP) is 5.88. The third-order valence-corrected chi connectivity index (χ3v) is 6.12. The largest absolute Gasteiger partial charge is 0.459 e. The Morgan fingerprint density at radius 2 is 1.94 bits per heavy atom. The number of para-hydroxylation sites is 1. The number of nitrogens with one attached hydrogen (secondary N) is 2. The van der Waals surface area contributed by atoms with Gasteiger partial charge in [-0.3, -0.25) is 14.9 Å². The van der Waals surface area contributed by atoms with Crippen LogP contribution in [0.2, 0.25) is 0 Å². The van der Waals surface area contributed by atoms with E-state index in [1.807, 2.05) is 0 Å². The quantitative estimate of drug-likeness (QED) is 0.348. The maximum absolute atomic E-state index is 12.7. The lowest BCUT2D eigenvalue weighted by molar-refractivity contribution is -0.0494. The van der Waals surface area contributed by atoms with Crippen LogP contribution in [0.4, 0.5) is 18.9 Å². The van der Waals surface area contributed by atoms with Gasteiger partial charge in [0.25, 0.3) is 11.8 Å². The lowest BCUT2D eigenvalue weighted by atomic mass is 10.1. The number of carbonyl (C=O) groups is 2. The maximum Gasteiger partial charge on any atom is 0.387 e. The number of amides is 2. The molecule has 7 nitrogen and oxygen atoms in total. The van der Waals surface area contributed by atoms with Gasteiger partial charge in [0.05, 0.1) is 21.8 Å². The van der Waals surface area contributed by atoms with Gasteiger partial charge in [0.15, 0.2) is 10.9 Å². The summed E-state index contributed by atoms with van der Waals surface area (Å²) in [6.07, 6.45) is 1.40. The molecular weight excluding hydrogens is 460 g/mol. The number of halogens is 2. The normalized spacial score (nSPS) is 10.9. The zero-order valence-electron chi connectivity index (χ0n) is 16.4. The summed E-state index contributed by atoms with van der Waals surface area (Å²) in [4.78, 5) is 29.6. The van der Waals surface area contributed by atoms with Gasteiger partial charge >= 0.3 is 6.61 Å². The molecule has 0 unspecified atom stereocenters. The van der Waals surface area contributed by atoms with Gasteiger partial charge in [-0.2, -0.15) is 8.78 Å². The van der Waals surface area contributed by atoms with Gasteiger partial charge in [-0.05, 0) is 42.8 Å². The smallest absolute Gasteiger partial charge is 0.387 e. The lowest BCUT2D eigenvalue weighted by Gasteiger charge is -2.08. The molecule has 11 heteroatoms. The molecule has 3 heterocycles. The van der Waals surface area contributed by atoms with Gasteiger partial charge < -0.3 is 14.5 Å². The molecule has 0 bridgehead atoms. The van der Waals surface area contributed by atoms with E-state index in [2.05, 4.69) is 20.4 Å². The average Bonchev–Trinajstić information content (AvgIpc) is 3.49. The number of aryl methyl sites for hydroxylation is 1. The Morgan fingerprint density at radius 3 is 2.69 bits per heavy atom. The molecule has 0 fully saturated rings. The van der Waals surface area contributed by atoms with Crippen molar-refractivity contribution in [3.8, 4) is 17.0 Å². The molecule has 0 spiro atoms. The third kappa shape index (κ3) is 4.84. The van der Waals surface area contributed by atoms with Crippen LogP contribution >= 0.6 is 22.7 Å². The second-order valence-corrected chi connectivity index (χ2v) is 8.33. The number of benzene rings is 1. The number of hydrogen-bond donors (Lipinski definition) is 2. The Hall–Kier alpha value is -3.57. The highest BCUT2D eigenvalue weighted by atomic mass is 32.1. The summed E-state index contributed by atoms with van der Waals surface area (Å²) >= 11 is 2.27. The van der Waals surface area contributed by atoms with Crippen LogP contribution in [-0.4, -0.2) is 23.4 Å². The van der Waals surface area contributed by atoms with Gasteiger partial charge in [0.2, 0.25) is 0 Å². The Kier molecular flexibility index (Phi) is 6.28. The third-order valence-electron chi connectivity index (χ3n) is 4.21. The van der Waals surface area contributed by atoms with Gasteiger partial charge in [-0.1, -0.05) is 12.1 Å². The highest BCUT2D eigenvalue weighted by Gasteiger charge is 2.19. The summed E-state index contributed by atoms with van der Waals surface area (Å²) in [6, 6.07) is 11.1. The van der Waals surface area contributed by atoms with Gasteiger partial charge in [0, 0.05) is 10.9 Å². The van der Waals surface area contributed by atoms with Gasteiger partial charge in [-0.15, -0.1) is 22.7 Å². The summed E-state index contributed by atoms with van der Waals surface area (Å²) in [7, 11) is 0. The highest BCUT2D eigenvalue weighted by molar-refractivity contribution is 7.18. The topological polar surface area (TPSA) is 93.5 Å². The molecule has 0 aliphatic carbocycles. The van der Waals surface area contributed by atoms with Crippen molar-refractivity contribution in [1.29, 1.82) is 0 Å². The van der Waals surface area contributed by atoms with Crippen molar-refractivity contribution < 1.29 is 27.5 Å². The van der Waals surface area contributed by atoms with Gasteiger partial charge in [0.1, 0.15) is 5.75 Å². The zero-order chi connectivity index (χ0) is 22.7. The zero-order valence-corrected chi connectivity index (χ0v) is 18.1. The number of carbonyl (C=O) groups excluding carboxylic acids is 2. The van der Waals surface area contributed by atoms with Crippen molar-refractivity contribution in [3.63, 3.8) is 0 Å². The van der Waals surface area contributed by atoms with Crippen molar-refractivity contribution in [1.82, 2.24) is 4.98 Å². The fourth-order valence-corrected chi connectivity index (χ4v) is 4.50. The number of ether oxygens (including phenoxy) is 1. The summed E-state index contributed by atoms with van der Waals surface area (Å²) in [5.41, 5.74) is 1.46. The van der Waals surface area contributed by atoms with Crippen molar-refractivity contribution in [3.05, 3.63) is 70.3 Å². The number of thiazole rings is 1. The minimum absolute atomic E-state index is 0.00304. The predicted molar refractivity (Wildman–Crippen MR) is 118 cm³/mol. The molecule has 0 saturated carbocycles. The number of furan rings is 1. The van der Waals surface area contributed by atoms with E-state index in [4.69, 9.17) is 4.42 Å². The number of nitrogens with zero attached hydrogens (tertiary/aromatic N) is 1. The fourth-order valence-electron chi connectivity index (χ4n) is 2.84. The SMILES string of the molecule is Cc1cc(NC(=O)c2ccco2)sc1C(=O)Nc1nc(-c2ccccc2OC(F)F)cs1. The first-order valence-corrected chi connectivity index (χ1v) is 10.9. The van der Waals surface area contributed by atoms with Crippen LogP contribution < -0.4 is 15.4 Å². The molecule has 2 N–H and O–H groups in total.